The van der Waals surface area contributed by atoms with Gasteiger partial charge < -0.3 is 20.7 Å². The summed E-state index contributed by atoms with van der Waals surface area (Å²) in [6.45, 7) is 1.93. The van der Waals surface area contributed by atoms with Crippen LogP contribution < -0.4 is 21.5 Å². The van der Waals surface area contributed by atoms with Crippen molar-refractivity contribution in [3.8, 4) is 5.69 Å². The van der Waals surface area contributed by atoms with E-state index in [0.29, 0.717) is 11.4 Å². The molecule has 0 radical (unpaired) electrons. The molecular weight excluding hydrogens is 479 g/mol. The van der Waals surface area contributed by atoms with Gasteiger partial charge in [0.25, 0.3) is 5.56 Å². The SMILES string of the molecule is COC(=O)NC1C[C@H](C(=O)Nc2ccc(C)cc2)[C@@H](C(=O)Nc2ccc(-n3ccccc3=O)cc2F)C1. The molecule has 3 aromatic rings. The topological polar surface area (TPSA) is 119 Å². The van der Waals surface area contributed by atoms with E-state index < -0.39 is 35.7 Å². The summed E-state index contributed by atoms with van der Waals surface area (Å²) in [5.74, 6) is -3.26. The smallest absolute Gasteiger partial charge is 0.407 e. The molecule has 0 saturated heterocycles. The molecule has 4 rings (SSSR count). The molecule has 1 saturated carbocycles. The summed E-state index contributed by atoms with van der Waals surface area (Å²) in [5, 5.41) is 8.03. The lowest BCUT2D eigenvalue weighted by atomic mass is 9.94. The predicted octanol–water partition coefficient (Wildman–Crippen LogP) is 3.61. The number of amides is 3. The quantitative estimate of drug-likeness (QED) is 0.472. The van der Waals surface area contributed by atoms with Gasteiger partial charge in [0.1, 0.15) is 5.82 Å². The maximum atomic E-state index is 14.9. The summed E-state index contributed by atoms with van der Waals surface area (Å²) < 4.78 is 20.8. The molecule has 2 aromatic carbocycles. The maximum Gasteiger partial charge on any atom is 0.407 e. The van der Waals surface area contributed by atoms with Gasteiger partial charge in [-0.05, 0) is 50.1 Å². The fourth-order valence-electron chi connectivity index (χ4n) is 4.45. The fraction of sp³-hybridized carbons (Fsp3) is 0.259. The average molecular weight is 507 g/mol. The first-order valence-electron chi connectivity index (χ1n) is 11.8. The highest BCUT2D eigenvalue weighted by Gasteiger charge is 2.43. The summed E-state index contributed by atoms with van der Waals surface area (Å²) in [5.41, 5.74) is 1.51. The third-order valence-electron chi connectivity index (χ3n) is 6.37. The molecule has 1 fully saturated rings. The number of carbonyl (C=O) groups is 3. The molecule has 0 aliphatic heterocycles. The minimum atomic E-state index is -0.830. The van der Waals surface area contributed by atoms with E-state index in [1.165, 1.54) is 36.1 Å². The summed E-state index contributed by atoms with van der Waals surface area (Å²) in [6.07, 6.45) is 1.23. The number of methoxy groups -OCH3 is 1. The van der Waals surface area contributed by atoms with Crippen LogP contribution in [0.3, 0.4) is 0 Å². The Labute approximate surface area is 212 Å². The first-order valence-corrected chi connectivity index (χ1v) is 11.8. The molecule has 0 spiro atoms. The molecule has 192 valence electrons. The number of aromatic nitrogens is 1. The Morgan fingerprint density at radius 3 is 2.24 bits per heavy atom. The lowest BCUT2D eigenvalue weighted by molar-refractivity contribution is -0.128. The van der Waals surface area contributed by atoms with Crippen molar-refractivity contribution in [3.63, 3.8) is 0 Å². The fourth-order valence-corrected chi connectivity index (χ4v) is 4.45. The predicted molar refractivity (Wildman–Crippen MR) is 136 cm³/mol. The highest BCUT2D eigenvalue weighted by molar-refractivity contribution is 6.00. The van der Waals surface area contributed by atoms with Crippen molar-refractivity contribution in [1.82, 2.24) is 9.88 Å². The lowest BCUT2D eigenvalue weighted by Gasteiger charge is -2.19. The van der Waals surface area contributed by atoms with Crippen molar-refractivity contribution >= 4 is 29.3 Å². The van der Waals surface area contributed by atoms with Crippen molar-refractivity contribution in [1.29, 1.82) is 0 Å². The highest BCUT2D eigenvalue weighted by atomic mass is 19.1. The van der Waals surface area contributed by atoms with Crippen LogP contribution >= 0.6 is 0 Å². The van der Waals surface area contributed by atoms with E-state index in [1.54, 1.807) is 24.3 Å². The molecule has 1 aliphatic carbocycles. The molecule has 1 aromatic heterocycles. The second-order valence-electron chi connectivity index (χ2n) is 8.93. The zero-order valence-electron chi connectivity index (χ0n) is 20.4. The number of hydrogen-bond donors (Lipinski definition) is 3. The maximum absolute atomic E-state index is 14.9. The van der Waals surface area contributed by atoms with Crippen LogP contribution in [0.25, 0.3) is 5.69 Å². The zero-order valence-corrected chi connectivity index (χ0v) is 20.4. The molecule has 3 N–H and O–H groups in total. The number of anilines is 2. The largest absolute Gasteiger partial charge is 0.453 e. The van der Waals surface area contributed by atoms with Crippen LogP contribution in [-0.2, 0) is 14.3 Å². The molecular formula is C27H27FN4O5. The van der Waals surface area contributed by atoms with Crippen LogP contribution in [0.5, 0.6) is 0 Å². The Hall–Kier alpha value is -4.47. The summed E-state index contributed by atoms with van der Waals surface area (Å²) in [6, 6.07) is 15.4. The lowest BCUT2D eigenvalue weighted by Crippen LogP contribution is -2.33. The van der Waals surface area contributed by atoms with Crippen molar-refractivity contribution < 1.29 is 23.5 Å². The van der Waals surface area contributed by atoms with Gasteiger partial charge >= 0.3 is 6.09 Å². The number of carbonyl (C=O) groups excluding carboxylic acids is 3. The molecule has 0 bridgehead atoms. The number of nitrogens with one attached hydrogen (secondary N) is 3. The minimum Gasteiger partial charge on any atom is -0.453 e. The highest BCUT2D eigenvalue weighted by Crippen LogP contribution is 2.35. The first-order chi connectivity index (χ1) is 17.7. The van der Waals surface area contributed by atoms with Crippen molar-refractivity contribution in [2.24, 2.45) is 11.8 Å². The van der Waals surface area contributed by atoms with E-state index in [1.807, 2.05) is 19.1 Å². The van der Waals surface area contributed by atoms with Crippen LogP contribution in [0.2, 0.25) is 0 Å². The van der Waals surface area contributed by atoms with Gasteiger partial charge in [-0.15, -0.1) is 0 Å². The van der Waals surface area contributed by atoms with Crippen LogP contribution in [-0.4, -0.2) is 35.6 Å². The number of pyridine rings is 1. The molecule has 1 aliphatic rings. The van der Waals surface area contributed by atoms with E-state index in [9.17, 15) is 23.6 Å². The van der Waals surface area contributed by atoms with Gasteiger partial charge in [-0.2, -0.15) is 0 Å². The molecule has 10 heteroatoms. The van der Waals surface area contributed by atoms with Crippen LogP contribution in [0.15, 0.2) is 71.7 Å². The zero-order chi connectivity index (χ0) is 26.5. The molecule has 37 heavy (non-hydrogen) atoms. The van der Waals surface area contributed by atoms with Gasteiger partial charge in [0.15, 0.2) is 0 Å². The average Bonchev–Trinajstić information content (AvgIpc) is 3.31. The second-order valence-corrected chi connectivity index (χ2v) is 8.93. The second kappa shape index (κ2) is 11.1. The number of nitrogens with zero attached hydrogens (tertiary/aromatic N) is 1. The minimum absolute atomic E-state index is 0.0835. The van der Waals surface area contributed by atoms with Gasteiger partial charge in [0.2, 0.25) is 11.8 Å². The Kier molecular flexibility index (Phi) is 7.66. The number of benzene rings is 2. The van der Waals surface area contributed by atoms with E-state index in [-0.39, 0.29) is 30.0 Å². The van der Waals surface area contributed by atoms with Gasteiger partial charge in [0, 0.05) is 30.1 Å². The Morgan fingerprint density at radius 1 is 0.946 bits per heavy atom. The number of rotatable bonds is 6. The number of aryl methyl sites for hydroxylation is 1. The Morgan fingerprint density at radius 2 is 1.62 bits per heavy atom. The number of halogens is 1. The molecule has 1 heterocycles. The third-order valence-corrected chi connectivity index (χ3v) is 6.37. The van der Waals surface area contributed by atoms with Crippen molar-refractivity contribution in [2.45, 2.75) is 25.8 Å². The monoisotopic (exact) mass is 506 g/mol. The van der Waals surface area contributed by atoms with E-state index in [2.05, 4.69) is 20.7 Å². The van der Waals surface area contributed by atoms with Gasteiger partial charge in [0.05, 0.1) is 30.3 Å². The first kappa shape index (κ1) is 25.6. The van der Waals surface area contributed by atoms with Gasteiger partial charge in [-0.25, -0.2) is 9.18 Å². The standard InChI is InChI=1S/C27H27FN4O5/c1-16-6-8-17(9-7-16)29-25(34)20-13-18(30-27(36)37-2)14-21(20)26(35)31-23-11-10-19(15-22(23)28)32-12-4-3-5-24(32)33/h3-12,15,18,20-21H,13-14H2,1-2H3,(H,29,34)(H,30,36)(H,31,35)/t18?,20-,21-/m0/s1. The summed E-state index contributed by atoms with van der Waals surface area (Å²) in [4.78, 5) is 50.1. The number of alkyl carbamates (subject to hydrolysis) is 1. The van der Waals surface area contributed by atoms with Crippen LogP contribution in [0, 0.1) is 24.6 Å². The molecule has 3 amide bonds. The van der Waals surface area contributed by atoms with E-state index >= 15 is 0 Å². The van der Waals surface area contributed by atoms with Gasteiger partial charge in [-0.1, -0.05) is 23.8 Å². The Balaban J connectivity index is 1.52. The third kappa shape index (κ3) is 6.03. The normalized spacial score (nSPS) is 18.6. The van der Waals surface area contributed by atoms with E-state index in [4.69, 9.17) is 0 Å². The van der Waals surface area contributed by atoms with Crippen LogP contribution in [0.4, 0.5) is 20.6 Å². The molecule has 3 atom stereocenters. The van der Waals surface area contributed by atoms with E-state index in [0.717, 1.165) is 11.6 Å². The number of hydrogen-bond acceptors (Lipinski definition) is 5. The summed E-state index contributed by atoms with van der Waals surface area (Å²) in [7, 11) is 1.23. The van der Waals surface area contributed by atoms with Crippen LogP contribution in [0.1, 0.15) is 18.4 Å². The number of ether oxygens (including phenoxy) is 1. The van der Waals surface area contributed by atoms with Gasteiger partial charge in [-0.3, -0.25) is 19.0 Å². The molecule has 1 unspecified atom stereocenters. The summed E-state index contributed by atoms with van der Waals surface area (Å²) >= 11 is 0. The van der Waals surface area contributed by atoms with Crippen molar-refractivity contribution in [2.75, 3.05) is 17.7 Å². The van der Waals surface area contributed by atoms with Crippen molar-refractivity contribution in [3.05, 3.63) is 88.6 Å². The Bertz CT molecular complexity index is 1370. The molecule has 9 nitrogen and oxygen atoms in total.